The molecule has 4 nitrogen and oxygen atoms in total. The van der Waals surface area contributed by atoms with E-state index in [4.69, 9.17) is 0 Å². The fraction of sp³-hybridized carbons (Fsp3) is 0.400. The van der Waals surface area contributed by atoms with Crippen LogP contribution < -0.4 is 9.80 Å². The predicted molar refractivity (Wildman–Crippen MR) is 104 cm³/mol. The molecule has 0 saturated heterocycles. The van der Waals surface area contributed by atoms with Crippen molar-refractivity contribution >= 4 is 33.4 Å². The minimum Gasteiger partial charge on any atom is -0.368 e. The van der Waals surface area contributed by atoms with Crippen LogP contribution in [0.3, 0.4) is 0 Å². The Morgan fingerprint density at radius 2 is 0.833 bits per heavy atom. The molecule has 0 aliphatic rings. The normalized spacial score (nSPS) is 11.5. The van der Waals surface area contributed by atoms with Gasteiger partial charge in [0, 0.05) is 26.2 Å². The molecule has 30 heavy (non-hydrogen) atoms. The van der Waals surface area contributed by atoms with Crippen LogP contribution in [0.15, 0.2) is 0 Å². The smallest absolute Gasteiger partial charge is 0.198 e. The van der Waals surface area contributed by atoms with Crippen molar-refractivity contribution in [1.29, 1.82) is 0 Å². The third kappa shape index (κ3) is 3.09. The summed E-state index contributed by atoms with van der Waals surface area (Å²) in [5.74, 6) is -9.25. The van der Waals surface area contributed by atoms with Gasteiger partial charge in [0.2, 0.25) is 0 Å². The lowest BCUT2D eigenvalue weighted by molar-refractivity contribution is 0.451. The van der Waals surface area contributed by atoms with E-state index >= 15 is 4.39 Å². The van der Waals surface area contributed by atoms with E-state index in [2.05, 4.69) is 9.97 Å². The van der Waals surface area contributed by atoms with Gasteiger partial charge in [0.25, 0.3) is 0 Å². The molecule has 0 bridgehead atoms. The summed E-state index contributed by atoms with van der Waals surface area (Å²) in [6, 6.07) is 0. The van der Waals surface area contributed by atoms with Crippen LogP contribution in [0.4, 0.5) is 37.7 Å². The Morgan fingerprint density at radius 3 is 1.37 bits per heavy atom. The maximum absolute atomic E-state index is 15.1. The summed E-state index contributed by atoms with van der Waals surface area (Å²) in [7, 11) is 0. The number of fused-ring (bicyclic) bond motifs is 2. The molecular weight excluding hydrogens is 410 g/mol. The quantitative estimate of drug-likeness (QED) is 0.230. The monoisotopic (exact) mass is 430 g/mol. The van der Waals surface area contributed by atoms with Gasteiger partial charge in [0.05, 0.1) is 0 Å². The van der Waals surface area contributed by atoms with Crippen molar-refractivity contribution in [1.82, 2.24) is 9.97 Å². The number of nitrogens with zero attached hydrogens (tertiary/aromatic N) is 4. The van der Waals surface area contributed by atoms with E-state index < -0.39 is 68.3 Å². The zero-order valence-electron chi connectivity index (χ0n) is 16.9. The molecule has 162 valence electrons. The number of rotatable bonds is 6. The van der Waals surface area contributed by atoms with Crippen molar-refractivity contribution in [3.63, 3.8) is 0 Å². The number of halogens is 6. The minimum atomic E-state index is -1.80. The van der Waals surface area contributed by atoms with Gasteiger partial charge >= 0.3 is 0 Å². The lowest BCUT2D eigenvalue weighted by atomic mass is 10.1. The van der Waals surface area contributed by atoms with E-state index in [1.807, 2.05) is 0 Å². The van der Waals surface area contributed by atoms with Crippen molar-refractivity contribution < 1.29 is 26.3 Å². The van der Waals surface area contributed by atoms with Crippen molar-refractivity contribution in [3.05, 3.63) is 34.9 Å². The molecular formula is C20H20F6N4. The lowest BCUT2D eigenvalue weighted by Gasteiger charge is -2.24. The minimum absolute atomic E-state index is 0.163. The van der Waals surface area contributed by atoms with E-state index in [0.717, 1.165) is 0 Å². The number of hydrogen-bond donors (Lipinski definition) is 0. The Kier molecular flexibility index (Phi) is 5.96. The molecule has 0 unspecified atom stereocenters. The van der Waals surface area contributed by atoms with Crippen molar-refractivity contribution in [2.75, 3.05) is 36.0 Å². The Hall–Kier alpha value is -2.78. The maximum Gasteiger partial charge on any atom is 0.198 e. The lowest BCUT2D eigenvalue weighted by Crippen LogP contribution is -2.26. The first kappa shape index (κ1) is 21.9. The summed E-state index contributed by atoms with van der Waals surface area (Å²) in [5, 5.41) is 0. The molecule has 0 spiro atoms. The van der Waals surface area contributed by atoms with Crippen LogP contribution in [0.5, 0.6) is 0 Å². The van der Waals surface area contributed by atoms with Gasteiger partial charge in [0.15, 0.2) is 34.9 Å². The first-order chi connectivity index (χ1) is 14.2. The molecule has 1 aromatic heterocycles. The topological polar surface area (TPSA) is 32.3 Å². The van der Waals surface area contributed by atoms with Gasteiger partial charge < -0.3 is 9.80 Å². The van der Waals surface area contributed by atoms with E-state index in [9.17, 15) is 22.0 Å². The molecule has 0 saturated carbocycles. The average molecular weight is 430 g/mol. The van der Waals surface area contributed by atoms with Gasteiger partial charge in [-0.05, 0) is 27.7 Å². The molecule has 1 heterocycles. The van der Waals surface area contributed by atoms with Gasteiger partial charge in [-0.15, -0.1) is 0 Å². The van der Waals surface area contributed by atoms with Crippen LogP contribution in [0.1, 0.15) is 27.7 Å². The van der Waals surface area contributed by atoms with Crippen LogP contribution in [0.2, 0.25) is 0 Å². The molecule has 3 aromatic rings. The van der Waals surface area contributed by atoms with Gasteiger partial charge in [-0.3, -0.25) is 0 Å². The second-order valence-electron chi connectivity index (χ2n) is 6.54. The molecule has 0 fully saturated rings. The fourth-order valence-corrected chi connectivity index (χ4v) is 3.53. The molecule has 10 heteroatoms. The molecule has 0 atom stereocenters. The second kappa shape index (κ2) is 8.16. The maximum atomic E-state index is 15.1. The van der Waals surface area contributed by atoms with Gasteiger partial charge in [0.1, 0.15) is 33.4 Å². The van der Waals surface area contributed by atoms with E-state index in [1.165, 1.54) is 9.80 Å². The highest BCUT2D eigenvalue weighted by atomic mass is 19.2. The molecule has 3 rings (SSSR count). The van der Waals surface area contributed by atoms with Crippen molar-refractivity contribution in [2.24, 2.45) is 0 Å². The van der Waals surface area contributed by atoms with Crippen LogP contribution in [0.25, 0.3) is 22.1 Å². The summed E-state index contributed by atoms with van der Waals surface area (Å²) in [6.45, 7) is 7.23. The largest absolute Gasteiger partial charge is 0.368 e. The zero-order valence-corrected chi connectivity index (χ0v) is 16.9. The van der Waals surface area contributed by atoms with Crippen LogP contribution in [0, 0.1) is 34.9 Å². The fourth-order valence-electron chi connectivity index (χ4n) is 3.53. The second-order valence-corrected chi connectivity index (χ2v) is 6.54. The van der Waals surface area contributed by atoms with E-state index in [0.29, 0.717) is 0 Å². The Bertz CT molecular complexity index is 1130. The zero-order chi connectivity index (χ0) is 22.3. The standard InChI is InChI=1S/C20H20F6N4/c1-5-29(6-2)19-13(25)11(23)15-17(14(19)26)27-16-10(22)9(21)12(24)20(18(16)28-15)30(7-3)8-4/h5-8H2,1-4H3. The van der Waals surface area contributed by atoms with Gasteiger partial charge in [-0.2, -0.15) is 0 Å². The first-order valence-corrected chi connectivity index (χ1v) is 9.57. The van der Waals surface area contributed by atoms with E-state index in [-0.39, 0.29) is 26.2 Å². The predicted octanol–water partition coefficient (Wildman–Crippen LogP) is 5.31. The highest BCUT2D eigenvalue weighted by Gasteiger charge is 2.30. The van der Waals surface area contributed by atoms with E-state index in [1.54, 1.807) is 27.7 Å². The third-order valence-corrected chi connectivity index (χ3v) is 5.11. The summed E-state index contributed by atoms with van der Waals surface area (Å²) < 4.78 is 87.9. The first-order valence-electron chi connectivity index (χ1n) is 9.57. The molecule has 0 aliphatic carbocycles. The number of aromatic nitrogens is 2. The summed E-state index contributed by atoms with van der Waals surface area (Å²) in [6.07, 6.45) is 0. The molecule has 0 radical (unpaired) electrons. The molecule has 0 amide bonds. The average Bonchev–Trinajstić information content (AvgIpc) is 2.75. The SMILES string of the molecule is CCN(CC)c1c(F)c(F)c2nc3c(N(CC)CC)c(F)c(F)c(F)c3nc2c1F. The summed E-state index contributed by atoms with van der Waals surface area (Å²) in [5.41, 5.74) is -4.00. The van der Waals surface area contributed by atoms with Crippen LogP contribution in [-0.2, 0) is 0 Å². The Balaban J connectivity index is 2.54. The van der Waals surface area contributed by atoms with Crippen molar-refractivity contribution in [2.45, 2.75) is 27.7 Å². The van der Waals surface area contributed by atoms with Crippen LogP contribution in [-0.4, -0.2) is 36.1 Å². The van der Waals surface area contributed by atoms with Gasteiger partial charge in [-0.1, -0.05) is 0 Å². The molecule has 0 aliphatic heterocycles. The highest BCUT2D eigenvalue weighted by Crippen LogP contribution is 2.37. The van der Waals surface area contributed by atoms with Crippen molar-refractivity contribution in [3.8, 4) is 0 Å². The summed E-state index contributed by atoms with van der Waals surface area (Å²) in [4.78, 5) is 10.1. The van der Waals surface area contributed by atoms with Crippen LogP contribution >= 0.6 is 0 Å². The number of anilines is 2. The molecule has 0 N–H and O–H groups in total. The Morgan fingerprint density at radius 1 is 0.467 bits per heavy atom. The number of hydrogen-bond acceptors (Lipinski definition) is 4. The summed E-state index contributed by atoms with van der Waals surface area (Å²) >= 11 is 0. The highest BCUT2D eigenvalue weighted by molar-refractivity contribution is 5.96. The number of benzene rings is 2. The Labute approximate surface area is 169 Å². The third-order valence-electron chi connectivity index (χ3n) is 5.11. The molecule has 2 aromatic carbocycles. The van der Waals surface area contributed by atoms with Gasteiger partial charge in [-0.25, -0.2) is 36.3 Å².